The molecule has 0 unspecified atom stereocenters. The lowest BCUT2D eigenvalue weighted by molar-refractivity contribution is -0.114. The normalized spacial score (nSPS) is 14.9. The lowest BCUT2D eigenvalue weighted by Crippen LogP contribution is -2.27. The third kappa shape index (κ3) is 2.93. The molecule has 2 amide bonds. The molecular formula is C9H13N3O2. The van der Waals surface area contributed by atoms with Gasteiger partial charge in [-0.3, -0.25) is 9.59 Å². The highest BCUT2D eigenvalue weighted by molar-refractivity contribution is 5.92. The van der Waals surface area contributed by atoms with Gasteiger partial charge in [0.15, 0.2) is 0 Å². The second-order valence-corrected chi connectivity index (χ2v) is 2.92. The number of amides is 2. The van der Waals surface area contributed by atoms with E-state index in [2.05, 4.69) is 5.32 Å². The fraction of sp³-hybridized carbons (Fsp3) is 0.333. The zero-order valence-corrected chi connectivity index (χ0v) is 7.77. The highest BCUT2D eigenvalue weighted by Gasteiger charge is 2.08. The molecule has 0 saturated heterocycles. The van der Waals surface area contributed by atoms with E-state index in [-0.39, 0.29) is 0 Å². The van der Waals surface area contributed by atoms with Crippen molar-refractivity contribution in [1.29, 1.82) is 0 Å². The van der Waals surface area contributed by atoms with E-state index in [1.807, 2.05) is 17.2 Å². The number of primary amides is 1. The van der Waals surface area contributed by atoms with Crippen molar-refractivity contribution in [3.8, 4) is 0 Å². The molecule has 0 aromatic heterocycles. The number of hydrogen-bond acceptors (Lipinski definition) is 3. The van der Waals surface area contributed by atoms with E-state index in [1.54, 1.807) is 6.20 Å². The summed E-state index contributed by atoms with van der Waals surface area (Å²) in [6.07, 6.45) is 6.65. The maximum Gasteiger partial charge on any atom is 0.246 e. The minimum Gasteiger partial charge on any atom is -0.366 e. The molecule has 1 heterocycles. The zero-order valence-electron chi connectivity index (χ0n) is 7.77. The molecule has 0 saturated carbocycles. The molecule has 0 aliphatic carbocycles. The summed E-state index contributed by atoms with van der Waals surface area (Å²) >= 11 is 0. The first-order chi connectivity index (χ1) is 6.74. The number of nitrogens with one attached hydrogen (secondary N) is 1. The summed E-state index contributed by atoms with van der Waals surface area (Å²) in [5, 5.41) is 2.54. The van der Waals surface area contributed by atoms with E-state index in [9.17, 15) is 9.59 Å². The quantitative estimate of drug-likeness (QED) is 0.451. The molecule has 0 radical (unpaired) electrons. The van der Waals surface area contributed by atoms with Crippen LogP contribution >= 0.6 is 0 Å². The molecule has 0 aromatic carbocycles. The predicted octanol–water partition coefficient (Wildman–Crippen LogP) is -0.679. The molecule has 5 heteroatoms. The van der Waals surface area contributed by atoms with Gasteiger partial charge in [0.2, 0.25) is 12.3 Å². The minimum atomic E-state index is -0.400. The lowest BCUT2D eigenvalue weighted by Gasteiger charge is -2.19. The summed E-state index contributed by atoms with van der Waals surface area (Å²) < 4.78 is 0. The van der Waals surface area contributed by atoms with E-state index >= 15 is 0 Å². The molecule has 1 aliphatic heterocycles. The van der Waals surface area contributed by atoms with Crippen LogP contribution in [-0.2, 0) is 9.59 Å². The van der Waals surface area contributed by atoms with Gasteiger partial charge in [-0.2, -0.15) is 0 Å². The molecule has 0 spiro atoms. The van der Waals surface area contributed by atoms with Crippen LogP contribution in [0.2, 0.25) is 0 Å². The number of hydrogen-bond donors (Lipinski definition) is 2. The van der Waals surface area contributed by atoms with Crippen molar-refractivity contribution >= 4 is 12.3 Å². The Morgan fingerprint density at radius 2 is 2.50 bits per heavy atom. The fourth-order valence-corrected chi connectivity index (χ4v) is 1.17. The Hall–Kier alpha value is -1.78. The van der Waals surface area contributed by atoms with Crippen LogP contribution in [0.1, 0.15) is 6.42 Å². The smallest absolute Gasteiger partial charge is 0.246 e. The first-order valence-electron chi connectivity index (χ1n) is 4.34. The molecule has 5 nitrogen and oxygen atoms in total. The Balaban J connectivity index is 2.45. The van der Waals surface area contributed by atoms with Crippen LogP contribution in [0.5, 0.6) is 0 Å². The Labute approximate surface area is 82.2 Å². The van der Waals surface area contributed by atoms with Gasteiger partial charge in [0.05, 0.1) is 0 Å². The Bertz CT molecular complexity index is 284. The monoisotopic (exact) mass is 195 g/mol. The number of carbonyl (C=O) groups excluding carboxylic acids is 2. The van der Waals surface area contributed by atoms with Crippen LogP contribution < -0.4 is 11.1 Å². The SMILES string of the molecule is NC(=O)C1=CN(CCNC=O)C=CC1. The Morgan fingerprint density at radius 3 is 3.14 bits per heavy atom. The van der Waals surface area contributed by atoms with Crippen molar-refractivity contribution < 1.29 is 9.59 Å². The van der Waals surface area contributed by atoms with Gasteiger partial charge in [0.1, 0.15) is 0 Å². The van der Waals surface area contributed by atoms with E-state index < -0.39 is 5.91 Å². The van der Waals surface area contributed by atoms with Gasteiger partial charge in [-0.25, -0.2) is 0 Å². The average Bonchev–Trinajstić information content (AvgIpc) is 2.19. The molecule has 0 bridgehead atoms. The third-order valence-corrected chi connectivity index (χ3v) is 1.87. The van der Waals surface area contributed by atoms with Crippen molar-refractivity contribution in [3.05, 3.63) is 24.0 Å². The summed E-state index contributed by atoms with van der Waals surface area (Å²) in [7, 11) is 0. The Kier molecular flexibility index (Phi) is 3.72. The van der Waals surface area contributed by atoms with Gasteiger partial charge < -0.3 is 16.0 Å². The van der Waals surface area contributed by atoms with Gasteiger partial charge in [-0.15, -0.1) is 0 Å². The number of allylic oxidation sites excluding steroid dienone is 1. The number of carbonyl (C=O) groups is 2. The van der Waals surface area contributed by atoms with Crippen LogP contribution in [0.15, 0.2) is 24.0 Å². The number of nitrogens with zero attached hydrogens (tertiary/aromatic N) is 1. The largest absolute Gasteiger partial charge is 0.366 e. The minimum absolute atomic E-state index is 0.400. The van der Waals surface area contributed by atoms with Crippen LogP contribution in [0.3, 0.4) is 0 Å². The van der Waals surface area contributed by atoms with E-state index in [0.717, 1.165) is 0 Å². The van der Waals surface area contributed by atoms with Gasteiger partial charge in [0, 0.05) is 24.9 Å². The molecule has 14 heavy (non-hydrogen) atoms. The molecule has 1 rings (SSSR count). The summed E-state index contributed by atoms with van der Waals surface area (Å²) in [4.78, 5) is 22.7. The van der Waals surface area contributed by atoms with Gasteiger partial charge in [-0.1, -0.05) is 6.08 Å². The first-order valence-corrected chi connectivity index (χ1v) is 4.34. The molecule has 0 atom stereocenters. The van der Waals surface area contributed by atoms with Gasteiger partial charge in [0.25, 0.3) is 0 Å². The first kappa shape index (κ1) is 10.3. The summed E-state index contributed by atoms with van der Waals surface area (Å²) in [5.74, 6) is -0.400. The van der Waals surface area contributed by atoms with Crippen molar-refractivity contribution in [3.63, 3.8) is 0 Å². The van der Waals surface area contributed by atoms with Crippen molar-refractivity contribution in [2.75, 3.05) is 13.1 Å². The maximum atomic E-state index is 10.9. The Morgan fingerprint density at radius 1 is 1.71 bits per heavy atom. The molecule has 0 fully saturated rings. The van der Waals surface area contributed by atoms with Crippen molar-refractivity contribution in [2.45, 2.75) is 6.42 Å². The predicted molar refractivity (Wildman–Crippen MR) is 51.8 cm³/mol. The van der Waals surface area contributed by atoms with Crippen molar-refractivity contribution in [2.24, 2.45) is 5.73 Å². The van der Waals surface area contributed by atoms with E-state index in [4.69, 9.17) is 5.73 Å². The van der Waals surface area contributed by atoms with E-state index in [0.29, 0.717) is 31.5 Å². The van der Waals surface area contributed by atoms with Crippen molar-refractivity contribution in [1.82, 2.24) is 10.2 Å². The van der Waals surface area contributed by atoms with Crippen LogP contribution in [0, 0.1) is 0 Å². The molecule has 1 aliphatic rings. The standard InChI is InChI=1S/C9H13N3O2/c10-9(14)8-2-1-4-12(6-8)5-3-11-7-13/h1,4,6-7H,2-3,5H2,(H2,10,14)(H,11,13). The summed E-state index contributed by atoms with van der Waals surface area (Å²) in [5.41, 5.74) is 5.73. The fourth-order valence-electron chi connectivity index (χ4n) is 1.17. The van der Waals surface area contributed by atoms with Crippen LogP contribution in [0.4, 0.5) is 0 Å². The average molecular weight is 195 g/mol. The topological polar surface area (TPSA) is 75.4 Å². The van der Waals surface area contributed by atoms with Gasteiger partial charge in [-0.05, 0) is 12.6 Å². The molecule has 76 valence electrons. The summed E-state index contributed by atoms with van der Waals surface area (Å²) in [6, 6.07) is 0. The lowest BCUT2D eigenvalue weighted by atomic mass is 10.1. The number of nitrogens with two attached hydrogens (primary N) is 1. The maximum absolute atomic E-state index is 10.9. The third-order valence-electron chi connectivity index (χ3n) is 1.87. The van der Waals surface area contributed by atoms with E-state index in [1.165, 1.54) is 0 Å². The second kappa shape index (κ2) is 5.06. The van der Waals surface area contributed by atoms with Crippen LogP contribution in [0.25, 0.3) is 0 Å². The highest BCUT2D eigenvalue weighted by atomic mass is 16.1. The molecule has 3 N–H and O–H groups in total. The second-order valence-electron chi connectivity index (χ2n) is 2.92. The van der Waals surface area contributed by atoms with Gasteiger partial charge >= 0.3 is 0 Å². The zero-order chi connectivity index (χ0) is 10.4. The molecule has 0 aromatic rings. The highest BCUT2D eigenvalue weighted by Crippen LogP contribution is 2.10. The molecular weight excluding hydrogens is 182 g/mol. The summed E-state index contributed by atoms with van der Waals surface area (Å²) in [6.45, 7) is 1.17. The number of rotatable bonds is 5. The van der Waals surface area contributed by atoms with Crippen LogP contribution in [-0.4, -0.2) is 30.3 Å².